The molecule has 1 aromatic rings. The Kier molecular flexibility index (Phi) is 3.22. The molecule has 0 bridgehead atoms. The summed E-state index contributed by atoms with van der Waals surface area (Å²) < 4.78 is 0. The van der Waals surface area contributed by atoms with Crippen molar-refractivity contribution in [2.45, 2.75) is 33.1 Å². The fourth-order valence-corrected chi connectivity index (χ4v) is 2.11. The predicted octanol–water partition coefficient (Wildman–Crippen LogP) is 0.964. The highest BCUT2D eigenvalue weighted by Crippen LogP contribution is 2.18. The molecule has 1 N–H and O–H groups in total. The van der Waals surface area contributed by atoms with E-state index in [-0.39, 0.29) is 5.56 Å². The van der Waals surface area contributed by atoms with E-state index in [0.717, 1.165) is 19.5 Å². The zero-order valence-electron chi connectivity index (χ0n) is 9.86. The van der Waals surface area contributed by atoms with Crippen molar-refractivity contribution in [1.82, 2.24) is 15.2 Å². The van der Waals surface area contributed by atoms with Crippen LogP contribution >= 0.6 is 0 Å². The SMILES string of the molecule is CCc1nnc(N2CCCC(C)C2)[nH]c1=O. The number of nitrogens with zero attached hydrogens (tertiary/aromatic N) is 3. The summed E-state index contributed by atoms with van der Waals surface area (Å²) in [6, 6.07) is 0. The smallest absolute Gasteiger partial charge is 0.274 e. The Labute approximate surface area is 94.9 Å². The number of rotatable bonds is 2. The van der Waals surface area contributed by atoms with E-state index in [9.17, 15) is 4.79 Å². The quantitative estimate of drug-likeness (QED) is 0.809. The molecule has 0 saturated carbocycles. The minimum atomic E-state index is -0.106. The van der Waals surface area contributed by atoms with Crippen molar-refractivity contribution in [3.05, 3.63) is 16.0 Å². The normalized spacial score (nSPS) is 21.1. The second-order valence-corrected chi connectivity index (χ2v) is 4.47. The van der Waals surface area contributed by atoms with E-state index in [1.807, 2.05) is 6.92 Å². The van der Waals surface area contributed by atoms with Crippen LogP contribution in [0.2, 0.25) is 0 Å². The van der Waals surface area contributed by atoms with Crippen LogP contribution in [0.5, 0.6) is 0 Å². The minimum Gasteiger partial charge on any atom is -0.341 e. The van der Waals surface area contributed by atoms with E-state index < -0.39 is 0 Å². The molecule has 5 heteroatoms. The van der Waals surface area contributed by atoms with Gasteiger partial charge < -0.3 is 4.90 Å². The van der Waals surface area contributed by atoms with Gasteiger partial charge in [0.25, 0.3) is 5.56 Å². The Hall–Kier alpha value is -1.39. The summed E-state index contributed by atoms with van der Waals surface area (Å²) in [6.45, 7) is 6.04. The van der Waals surface area contributed by atoms with Crippen molar-refractivity contribution >= 4 is 5.95 Å². The maximum absolute atomic E-state index is 11.6. The molecule has 1 aliphatic heterocycles. The lowest BCUT2D eigenvalue weighted by molar-refractivity contribution is 0.440. The zero-order chi connectivity index (χ0) is 11.5. The van der Waals surface area contributed by atoms with E-state index in [1.165, 1.54) is 6.42 Å². The van der Waals surface area contributed by atoms with Gasteiger partial charge in [0.2, 0.25) is 5.95 Å². The second kappa shape index (κ2) is 4.63. The van der Waals surface area contributed by atoms with Crippen molar-refractivity contribution in [1.29, 1.82) is 0 Å². The molecule has 16 heavy (non-hydrogen) atoms. The molecule has 0 aliphatic carbocycles. The van der Waals surface area contributed by atoms with E-state index in [2.05, 4.69) is 27.0 Å². The van der Waals surface area contributed by atoms with Gasteiger partial charge >= 0.3 is 0 Å². The summed E-state index contributed by atoms with van der Waals surface area (Å²) in [4.78, 5) is 16.5. The first-order valence-corrected chi connectivity index (χ1v) is 5.91. The first-order chi connectivity index (χ1) is 7.70. The fourth-order valence-electron chi connectivity index (χ4n) is 2.11. The lowest BCUT2D eigenvalue weighted by atomic mass is 10.0. The van der Waals surface area contributed by atoms with Crippen LogP contribution in [0.25, 0.3) is 0 Å². The molecular formula is C11H18N4O. The molecule has 0 amide bonds. The van der Waals surface area contributed by atoms with Crippen LogP contribution in [0.3, 0.4) is 0 Å². The first kappa shape index (κ1) is 11.1. The van der Waals surface area contributed by atoms with E-state index in [0.29, 0.717) is 24.0 Å². The van der Waals surface area contributed by atoms with Crippen molar-refractivity contribution in [2.75, 3.05) is 18.0 Å². The Morgan fingerprint density at radius 3 is 2.94 bits per heavy atom. The number of H-pyrrole nitrogens is 1. The highest BCUT2D eigenvalue weighted by Gasteiger charge is 2.18. The molecule has 1 fully saturated rings. The summed E-state index contributed by atoms with van der Waals surface area (Å²) in [5.41, 5.74) is 0.402. The lowest BCUT2D eigenvalue weighted by Crippen LogP contribution is -2.37. The molecule has 0 spiro atoms. The van der Waals surface area contributed by atoms with Crippen molar-refractivity contribution in [3.8, 4) is 0 Å². The summed E-state index contributed by atoms with van der Waals surface area (Å²) in [5, 5.41) is 8.05. The number of aromatic amines is 1. The van der Waals surface area contributed by atoms with Crippen LogP contribution in [0.15, 0.2) is 4.79 Å². The summed E-state index contributed by atoms with van der Waals surface area (Å²) in [7, 11) is 0. The average Bonchev–Trinajstić information content (AvgIpc) is 2.29. The molecule has 1 aliphatic rings. The second-order valence-electron chi connectivity index (χ2n) is 4.47. The first-order valence-electron chi connectivity index (χ1n) is 5.91. The van der Waals surface area contributed by atoms with E-state index in [1.54, 1.807) is 0 Å². The van der Waals surface area contributed by atoms with Crippen molar-refractivity contribution < 1.29 is 0 Å². The minimum absolute atomic E-state index is 0.106. The fraction of sp³-hybridized carbons (Fsp3) is 0.727. The number of aromatic nitrogens is 3. The van der Waals surface area contributed by atoms with Gasteiger partial charge in [0.15, 0.2) is 0 Å². The standard InChI is InChI=1S/C11H18N4O/c1-3-9-10(16)12-11(14-13-9)15-6-4-5-8(2)7-15/h8H,3-7H2,1-2H3,(H,12,14,16). The van der Waals surface area contributed by atoms with Crippen molar-refractivity contribution in [3.63, 3.8) is 0 Å². The Bertz CT molecular complexity index is 415. The van der Waals surface area contributed by atoms with Gasteiger partial charge in [-0.05, 0) is 25.2 Å². The third kappa shape index (κ3) is 2.23. The van der Waals surface area contributed by atoms with Crippen LogP contribution in [-0.2, 0) is 6.42 Å². The van der Waals surface area contributed by atoms with Gasteiger partial charge in [-0.25, -0.2) is 0 Å². The van der Waals surface area contributed by atoms with Gasteiger partial charge in [0.1, 0.15) is 5.69 Å². The molecule has 0 aromatic carbocycles. The van der Waals surface area contributed by atoms with Crippen molar-refractivity contribution in [2.24, 2.45) is 5.92 Å². The number of hydrogen-bond donors (Lipinski definition) is 1. The average molecular weight is 222 g/mol. The number of hydrogen-bond acceptors (Lipinski definition) is 4. The Balaban J connectivity index is 2.20. The van der Waals surface area contributed by atoms with Gasteiger partial charge in [-0.2, -0.15) is 0 Å². The number of nitrogens with one attached hydrogen (secondary N) is 1. The van der Waals surface area contributed by atoms with Gasteiger partial charge in [-0.3, -0.25) is 9.78 Å². The largest absolute Gasteiger partial charge is 0.341 e. The third-order valence-corrected chi connectivity index (χ3v) is 3.04. The number of piperidine rings is 1. The van der Waals surface area contributed by atoms with Crippen LogP contribution in [0, 0.1) is 5.92 Å². The van der Waals surface area contributed by atoms with Crippen LogP contribution in [-0.4, -0.2) is 28.3 Å². The maximum atomic E-state index is 11.6. The zero-order valence-corrected chi connectivity index (χ0v) is 9.86. The van der Waals surface area contributed by atoms with E-state index >= 15 is 0 Å². The molecule has 2 heterocycles. The van der Waals surface area contributed by atoms with Gasteiger partial charge in [-0.15, -0.1) is 10.2 Å². The molecule has 1 unspecified atom stereocenters. The summed E-state index contributed by atoms with van der Waals surface area (Å²) in [6.07, 6.45) is 3.03. The molecular weight excluding hydrogens is 204 g/mol. The summed E-state index contributed by atoms with van der Waals surface area (Å²) >= 11 is 0. The van der Waals surface area contributed by atoms with Gasteiger partial charge in [-0.1, -0.05) is 13.8 Å². The van der Waals surface area contributed by atoms with Crippen LogP contribution in [0.4, 0.5) is 5.95 Å². The highest BCUT2D eigenvalue weighted by atomic mass is 16.1. The maximum Gasteiger partial charge on any atom is 0.274 e. The lowest BCUT2D eigenvalue weighted by Gasteiger charge is -2.30. The Morgan fingerprint density at radius 1 is 1.50 bits per heavy atom. The van der Waals surface area contributed by atoms with Gasteiger partial charge in [0, 0.05) is 13.1 Å². The monoisotopic (exact) mass is 222 g/mol. The highest BCUT2D eigenvalue weighted by molar-refractivity contribution is 5.28. The van der Waals surface area contributed by atoms with Gasteiger partial charge in [0.05, 0.1) is 0 Å². The third-order valence-electron chi connectivity index (χ3n) is 3.04. The topological polar surface area (TPSA) is 61.9 Å². The Morgan fingerprint density at radius 2 is 2.31 bits per heavy atom. The summed E-state index contributed by atoms with van der Waals surface area (Å²) in [5.74, 6) is 1.28. The van der Waals surface area contributed by atoms with E-state index in [4.69, 9.17) is 0 Å². The van der Waals surface area contributed by atoms with Crippen LogP contribution in [0.1, 0.15) is 32.4 Å². The number of aryl methyl sites for hydroxylation is 1. The molecule has 1 aromatic heterocycles. The van der Waals surface area contributed by atoms with Crippen LogP contribution < -0.4 is 10.5 Å². The number of anilines is 1. The molecule has 5 nitrogen and oxygen atoms in total. The molecule has 88 valence electrons. The molecule has 2 rings (SSSR count). The molecule has 1 atom stereocenters. The molecule has 0 radical (unpaired) electrons. The predicted molar refractivity (Wildman–Crippen MR) is 62.6 cm³/mol. The molecule has 1 saturated heterocycles.